The van der Waals surface area contributed by atoms with E-state index in [1.165, 1.54) is 0 Å². The SMILES string of the molecule is O=C(C1CCCC1)N1CCCC1c1nc2c(c(=O)[nH]1)CN(Cc1cccnc1)CC2. The minimum absolute atomic E-state index is 0.0500. The Kier molecular flexibility index (Phi) is 5.37. The third-order valence-electron chi connectivity index (χ3n) is 6.85. The lowest BCUT2D eigenvalue weighted by atomic mass is 10.0. The van der Waals surface area contributed by atoms with Crippen molar-refractivity contribution in [1.29, 1.82) is 0 Å². The summed E-state index contributed by atoms with van der Waals surface area (Å²) in [7, 11) is 0. The molecular formula is C23H29N5O2. The van der Waals surface area contributed by atoms with Gasteiger partial charge in [-0.1, -0.05) is 18.9 Å². The van der Waals surface area contributed by atoms with Crippen LogP contribution in [-0.2, 0) is 24.3 Å². The van der Waals surface area contributed by atoms with E-state index in [2.05, 4.69) is 20.9 Å². The van der Waals surface area contributed by atoms with Gasteiger partial charge in [-0.3, -0.25) is 19.5 Å². The van der Waals surface area contributed by atoms with Crippen LogP contribution >= 0.6 is 0 Å². The Morgan fingerprint density at radius 3 is 2.83 bits per heavy atom. The van der Waals surface area contributed by atoms with Crippen molar-refractivity contribution in [3.63, 3.8) is 0 Å². The summed E-state index contributed by atoms with van der Waals surface area (Å²) in [6.07, 6.45) is 10.6. The largest absolute Gasteiger partial charge is 0.332 e. The van der Waals surface area contributed by atoms with Gasteiger partial charge in [0.1, 0.15) is 5.82 Å². The topological polar surface area (TPSA) is 82.2 Å². The highest BCUT2D eigenvalue weighted by Crippen LogP contribution is 2.35. The molecule has 1 amide bonds. The zero-order valence-corrected chi connectivity index (χ0v) is 17.3. The van der Waals surface area contributed by atoms with Gasteiger partial charge in [-0.2, -0.15) is 0 Å². The first-order valence-electron chi connectivity index (χ1n) is 11.2. The Labute approximate surface area is 176 Å². The molecule has 1 saturated heterocycles. The van der Waals surface area contributed by atoms with E-state index < -0.39 is 0 Å². The van der Waals surface area contributed by atoms with Crippen molar-refractivity contribution in [2.24, 2.45) is 5.92 Å². The molecule has 5 rings (SSSR count). The van der Waals surface area contributed by atoms with E-state index in [-0.39, 0.29) is 23.4 Å². The molecule has 7 nitrogen and oxygen atoms in total. The standard InChI is InChI=1S/C23H29N5O2/c29-22-18-15-27(14-16-5-3-10-24-13-16)12-9-19(18)25-21(26-22)20-8-4-11-28(20)23(30)17-6-1-2-7-17/h3,5,10,13,17,20H,1-2,4,6-9,11-12,14-15H2,(H,25,26,29). The maximum absolute atomic E-state index is 13.0. The lowest BCUT2D eigenvalue weighted by Crippen LogP contribution is -2.39. The van der Waals surface area contributed by atoms with Gasteiger partial charge in [0.15, 0.2) is 0 Å². The van der Waals surface area contributed by atoms with Crippen molar-refractivity contribution in [3.05, 3.63) is 57.5 Å². The van der Waals surface area contributed by atoms with Crippen LogP contribution in [0.15, 0.2) is 29.3 Å². The highest BCUT2D eigenvalue weighted by molar-refractivity contribution is 5.79. The summed E-state index contributed by atoms with van der Waals surface area (Å²) in [5, 5.41) is 0. The third kappa shape index (κ3) is 3.78. The zero-order valence-electron chi connectivity index (χ0n) is 17.3. The second-order valence-corrected chi connectivity index (χ2v) is 8.87. The molecule has 3 aliphatic rings. The normalized spacial score (nSPS) is 22.4. The molecule has 0 bridgehead atoms. The fourth-order valence-electron chi connectivity index (χ4n) is 5.26. The molecule has 0 spiro atoms. The van der Waals surface area contributed by atoms with Gasteiger partial charge < -0.3 is 9.88 Å². The quantitative estimate of drug-likeness (QED) is 0.842. The van der Waals surface area contributed by atoms with Gasteiger partial charge in [0.05, 0.1) is 17.3 Å². The average molecular weight is 408 g/mol. The summed E-state index contributed by atoms with van der Waals surface area (Å²) in [5.74, 6) is 1.11. The zero-order chi connectivity index (χ0) is 20.5. The molecule has 1 aliphatic carbocycles. The van der Waals surface area contributed by atoms with Crippen molar-refractivity contribution in [2.45, 2.75) is 64.1 Å². The number of pyridine rings is 1. The van der Waals surface area contributed by atoms with Gasteiger partial charge in [-0.15, -0.1) is 0 Å². The summed E-state index contributed by atoms with van der Waals surface area (Å²) >= 11 is 0. The number of fused-ring (bicyclic) bond motifs is 1. The Bertz CT molecular complexity index is 967. The summed E-state index contributed by atoms with van der Waals surface area (Å²) in [4.78, 5) is 42.3. The van der Waals surface area contributed by atoms with Crippen molar-refractivity contribution < 1.29 is 4.79 Å². The maximum Gasteiger partial charge on any atom is 0.255 e. The van der Waals surface area contributed by atoms with Crippen LogP contribution in [0.2, 0.25) is 0 Å². The van der Waals surface area contributed by atoms with Gasteiger partial charge in [0.25, 0.3) is 5.56 Å². The van der Waals surface area contributed by atoms with Crippen LogP contribution < -0.4 is 5.56 Å². The number of hydrogen-bond donors (Lipinski definition) is 1. The molecular weight excluding hydrogens is 378 g/mol. The number of aromatic amines is 1. The van der Waals surface area contributed by atoms with Gasteiger partial charge >= 0.3 is 0 Å². The average Bonchev–Trinajstić information content (AvgIpc) is 3.47. The number of nitrogens with zero attached hydrogens (tertiary/aromatic N) is 4. The van der Waals surface area contributed by atoms with Gasteiger partial charge in [0, 0.05) is 50.9 Å². The first-order chi connectivity index (χ1) is 14.7. The van der Waals surface area contributed by atoms with Crippen LogP contribution in [0.25, 0.3) is 0 Å². The van der Waals surface area contributed by atoms with E-state index in [1.54, 1.807) is 6.20 Å². The molecule has 7 heteroatoms. The smallest absolute Gasteiger partial charge is 0.255 e. The maximum atomic E-state index is 13.0. The fraction of sp³-hybridized carbons (Fsp3) is 0.565. The van der Waals surface area contributed by atoms with E-state index in [4.69, 9.17) is 4.98 Å². The van der Waals surface area contributed by atoms with Crippen LogP contribution in [0.3, 0.4) is 0 Å². The summed E-state index contributed by atoms with van der Waals surface area (Å²) in [6.45, 7) is 3.02. The minimum Gasteiger partial charge on any atom is -0.332 e. The number of hydrogen-bond acceptors (Lipinski definition) is 5. The highest BCUT2D eigenvalue weighted by Gasteiger charge is 2.36. The van der Waals surface area contributed by atoms with Crippen molar-refractivity contribution in [3.8, 4) is 0 Å². The number of carbonyl (C=O) groups is 1. The molecule has 2 fully saturated rings. The number of aromatic nitrogens is 3. The number of nitrogens with one attached hydrogen (secondary N) is 1. The van der Waals surface area contributed by atoms with E-state index in [1.807, 2.05) is 17.2 Å². The van der Waals surface area contributed by atoms with E-state index in [9.17, 15) is 9.59 Å². The summed E-state index contributed by atoms with van der Waals surface area (Å²) in [5.41, 5.74) is 2.76. The van der Waals surface area contributed by atoms with Gasteiger partial charge in [-0.05, 0) is 37.3 Å². The summed E-state index contributed by atoms with van der Waals surface area (Å²) < 4.78 is 0. The van der Waals surface area contributed by atoms with Crippen LogP contribution in [-0.4, -0.2) is 43.7 Å². The Morgan fingerprint density at radius 2 is 2.03 bits per heavy atom. The number of rotatable bonds is 4. The molecule has 4 heterocycles. The fourth-order valence-corrected chi connectivity index (χ4v) is 5.26. The molecule has 1 unspecified atom stereocenters. The summed E-state index contributed by atoms with van der Waals surface area (Å²) in [6, 6.07) is 3.92. The van der Waals surface area contributed by atoms with Gasteiger partial charge in [0.2, 0.25) is 5.91 Å². The minimum atomic E-state index is -0.0791. The van der Waals surface area contributed by atoms with E-state index in [0.717, 1.165) is 81.4 Å². The Balaban J connectivity index is 1.34. The second kappa shape index (κ2) is 8.30. The molecule has 30 heavy (non-hydrogen) atoms. The Morgan fingerprint density at radius 1 is 1.17 bits per heavy atom. The number of likely N-dealkylation sites (tertiary alicyclic amines) is 1. The second-order valence-electron chi connectivity index (χ2n) is 8.87. The van der Waals surface area contributed by atoms with Crippen molar-refractivity contribution in [1.82, 2.24) is 24.8 Å². The monoisotopic (exact) mass is 407 g/mol. The molecule has 0 radical (unpaired) electrons. The number of carbonyl (C=O) groups excluding carboxylic acids is 1. The van der Waals surface area contributed by atoms with Gasteiger partial charge in [-0.25, -0.2) is 4.98 Å². The first kappa shape index (κ1) is 19.4. The molecule has 0 aromatic carbocycles. The first-order valence-corrected chi connectivity index (χ1v) is 11.2. The molecule has 1 N–H and O–H groups in total. The lowest BCUT2D eigenvalue weighted by Gasteiger charge is -2.30. The van der Waals surface area contributed by atoms with Crippen LogP contribution in [0.4, 0.5) is 0 Å². The molecule has 2 aromatic heterocycles. The number of H-pyrrole nitrogens is 1. The van der Waals surface area contributed by atoms with E-state index >= 15 is 0 Å². The molecule has 2 aliphatic heterocycles. The molecule has 1 saturated carbocycles. The lowest BCUT2D eigenvalue weighted by molar-refractivity contribution is -0.136. The molecule has 158 valence electrons. The van der Waals surface area contributed by atoms with Crippen LogP contribution in [0.5, 0.6) is 0 Å². The predicted molar refractivity (Wildman–Crippen MR) is 113 cm³/mol. The Hall–Kier alpha value is -2.54. The van der Waals surface area contributed by atoms with Crippen LogP contribution in [0, 0.1) is 5.92 Å². The van der Waals surface area contributed by atoms with Crippen molar-refractivity contribution >= 4 is 5.91 Å². The third-order valence-corrected chi connectivity index (χ3v) is 6.85. The molecule has 2 aromatic rings. The predicted octanol–water partition coefficient (Wildman–Crippen LogP) is 2.58. The highest BCUT2D eigenvalue weighted by atomic mass is 16.2. The van der Waals surface area contributed by atoms with E-state index in [0.29, 0.717) is 12.4 Å². The molecule has 1 atom stereocenters. The van der Waals surface area contributed by atoms with Crippen LogP contribution in [0.1, 0.15) is 67.2 Å². The number of amides is 1. The van der Waals surface area contributed by atoms with Crippen molar-refractivity contribution in [2.75, 3.05) is 13.1 Å².